The summed E-state index contributed by atoms with van der Waals surface area (Å²) in [5.41, 5.74) is 5.04. The van der Waals surface area contributed by atoms with Gasteiger partial charge in [0.15, 0.2) is 0 Å². The maximum absolute atomic E-state index is 11.9. The summed E-state index contributed by atoms with van der Waals surface area (Å²) in [6.45, 7) is -2.45. The Kier molecular flexibility index (Phi) is 5.59. The standard InChI is InChI=1S/C11H17F3N2O3/c12-11(13,14)7-19-6-10(18)16(5-9(15)17)8-3-1-2-4-8/h8H,1-7H2,(H2,15,17). The minimum absolute atomic E-state index is 0.130. The van der Waals surface area contributed by atoms with E-state index in [0.717, 1.165) is 25.7 Å². The van der Waals surface area contributed by atoms with E-state index in [0.29, 0.717) is 0 Å². The number of ether oxygens (including phenoxy) is 1. The Labute approximate surface area is 108 Å². The second-order valence-corrected chi connectivity index (χ2v) is 4.53. The topological polar surface area (TPSA) is 72.6 Å². The largest absolute Gasteiger partial charge is 0.411 e. The van der Waals surface area contributed by atoms with Crippen LogP contribution in [-0.4, -0.2) is 48.7 Å². The van der Waals surface area contributed by atoms with Crippen LogP contribution in [0.1, 0.15) is 25.7 Å². The summed E-state index contributed by atoms with van der Waals surface area (Å²) in [6.07, 6.45) is -1.15. The van der Waals surface area contributed by atoms with Crippen LogP contribution in [-0.2, 0) is 14.3 Å². The predicted molar refractivity (Wildman–Crippen MR) is 60.0 cm³/mol. The summed E-state index contributed by atoms with van der Waals surface area (Å²) in [7, 11) is 0. The van der Waals surface area contributed by atoms with Gasteiger partial charge in [0.05, 0.1) is 6.54 Å². The van der Waals surface area contributed by atoms with Crippen LogP contribution in [0, 0.1) is 0 Å². The van der Waals surface area contributed by atoms with Crippen molar-refractivity contribution in [1.29, 1.82) is 0 Å². The van der Waals surface area contributed by atoms with Crippen molar-refractivity contribution in [2.75, 3.05) is 19.8 Å². The van der Waals surface area contributed by atoms with Gasteiger partial charge in [0, 0.05) is 6.04 Å². The van der Waals surface area contributed by atoms with E-state index < -0.39 is 31.2 Å². The first-order chi connectivity index (χ1) is 8.79. The molecule has 1 aliphatic rings. The Bertz CT molecular complexity index is 328. The monoisotopic (exact) mass is 282 g/mol. The second-order valence-electron chi connectivity index (χ2n) is 4.53. The molecule has 0 aromatic rings. The average molecular weight is 282 g/mol. The fourth-order valence-corrected chi connectivity index (χ4v) is 2.14. The molecule has 0 radical (unpaired) electrons. The van der Waals surface area contributed by atoms with Gasteiger partial charge in [-0.1, -0.05) is 12.8 Å². The highest BCUT2D eigenvalue weighted by molar-refractivity contribution is 5.84. The first-order valence-corrected chi connectivity index (χ1v) is 6.02. The van der Waals surface area contributed by atoms with E-state index in [1.165, 1.54) is 4.90 Å². The lowest BCUT2D eigenvalue weighted by atomic mass is 10.2. The fraction of sp³-hybridized carbons (Fsp3) is 0.818. The zero-order valence-corrected chi connectivity index (χ0v) is 10.4. The molecule has 0 spiro atoms. The van der Waals surface area contributed by atoms with Gasteiger partial charge in [-0.05, 0) is 12.8 Å². The number of hydrogen-bond donors (Lipinski definition) is 1. The van der Waals surface area contributed by atoms with Gasteiger partial charge in [-0.2, -0.15) is 13.2 Å². The van der Waals surface area contributed by atoms with Crippen molar-refractivity contribution in [3.8, 4) is 0 Å². The van der Waals surface area contributed by atoms with Crippen molar-refractivity contribution >= 4 is 11.8 Å². The Morgan fingerprint density at radius 1 is 1.26 bits per heavy atom. The number of nitrogens with two attached hydrogens (primary N) is 1. The van der Waals surface area contributed by atoms with Gasteiger partial charge >= 0.3 is 6.18 Å². The Balaban J connectivity index is 2.49. The van der Waals surface area contributed by atoms with E-state index in [2.05, 4.69) is 4.74 Å². The molecular formula is C11H17F3N2O3. The van der Waals surface area contributed by atoms with Crippen molar-refractivity contribution in [2.24, 2.45) is 5.73 Å². The van der Waals surface area contributed by atoms with Gasteiger partial charge in [0.2, 0.25) is 11.8 Å². The van der Waals surface area contributed by atoms with Gasteiger partial charge < -0.3 is 15.4 Å². The molecule has 0 bridgehead atoms. The molecule has 0 saturated heterocycles. The van der Waals surface area contributed by atoms with Gasteiger partial charge in [-0.15, -0.1) is 0 Å². The maximum Gasteiger partial charge on any atom is 0.411 e. The lowest BCUT2D eigenvalue weighted by Gasteiger charge is -2.27. The molecule has 0 heterocycles. The summed E-state index contributed by atoms with van der Waals surface area (Å²) >= 11 is 0. The Morgan fingerprint density at radius 3 is 2.32 bits per heavy atom. The number of amides is 2. The zero-order chi connectivity index (χ0) is 14.5. The van der Waals surface area contributed by atoms with Crippen LogP contribution >= 0.6 is 0 Å². The van der Waals surface area contributed by atoms with Gasteiger partial charge in [-0.25, -0.2) is 0 Å². The third kappa shape index (κ3) is 5.91. The molecule has 1 aliphatic carbocycles. The summed E-state index contributed by atoms with van der Waals surface area (Å²) in [6, 6.07) is -0.130. The first-order valence-electron chi connectivity index (χ1n) is 6.02. The SMILES string of the molecule is NC(=O)CN(C(=O)COCC(F)(F)F)C1CCCC1. The zero-order valence-electron chi connectivity index (χ0n) is 10.4. The first kappa shape index (κ1) is 15.7. The van der Waals surface area contributed by atoms with Crippen LogP contribution in [0.5, 0.6) is 0 Å². The van der Waals surface area contributed by atoms with Crippen LogP contribution in [0.25, 0.3) is 0 Å². The Morgan fingerprint density at radius 2 is 1.84 bits per heavy atom. The minimum Gasteiger partial charge on any atom is -0.368 e. The average Bonchev–Trinajstić information content (AvgIpc) is 2.76. The molecule has 2 N–H and O–H groups in total. The number of primary amides is 1. The van der Waals surface area contributed by atoms with E-state index in [4.69, 9.17) is 5.73 Å². The van der Waals surface area contributed by atoms with Crippen molar-refractivity contribution < 1.29 is 27.5 Å². The molecule has 0 aromatic heterocycles. The fourth-order valence-electron chi connectivity index (χ4n) is 2.14. The molecule has 1 saturated carbocycles. The molecule has 8 heteroatoms. The molecule has 0 unspecified atom stereocenters. The number of halogens is 3. The second kappa shape index (κ2) is 6.74. The molecule has 2 amide bonds. The Hall–Kier alpha value is -1.31. The van der Waals surface area contributed by atoms with E-state index in [9.17, 15) is 22.8 Å². The van der Waals surface area contributed by atoms with Gasteiger partial charge in [0.1, 0.15) is 13.2 Å². The number of nitrogens with zero attached hydrogens (tertiary/aromatic N) is 1. The van der Waals surface area contributed by atoms with E-state index in [1.807, 2.05) is 0 Å². The quantitative estimate of drug-likeness (QED) is 0.784. The molecule has 0 aromatic carbocycles. The predicted octanol–water partition coefficient (Wildman–Crippen LogP) is 0.822. The smallest absolute Gasteiger partial charge is 0.368 e. The van der Waals surface area contributed by atoms with Crippen molar-refractivity contribution in [2.45, 2.75) is 37.9 Å². The van der Waals surface area contributed by atoms with Crippen LogP contribution in [0.2, 0.25) is 0 Å². The lowest BCUT2D eigenvalue weighted by Crippen LogP contribution is -2.46. The van der Waals surface area contributed by atoms with Gasteiger partial charge in [-0.3, -0.25) is 9.59 Å². The number of carbonyl (C=O) groups excluding carboxylic acids is 2. The number of carbonyl (C=O) groups is 2. The molecule has 1 rings (SSSR count). The molecule has 110 valence electrons. The molecule has 0 aliphatic heterocycles. The molecule has 0 atom stereocenters. The minimum atomic E-state index is -4.47. The summed E-state index contributed by atoms with van der Waals surface area (Å²) in [5, 5.41) is 0. The highest BCUT2D eigenvalue weighted by Gasteiger charge is 2.30. The maximum atomic E-state index is 11.9. The number of hydrogen-bond acceptors (Lipinski definition) is 3. The third-order valence-electron chi connectivity index (χ3n) is 2.90. The highest BCUT2D eigenvalue weighted by Crippen LogP contribution is 2.23. The molecule has 19 heavy (non-hydrogen) atoms. The van der Waals surface area contributed by atoms with Gasteiger partial charge in [0.25, 0.3) is 0 Å². The van der Waals surface area contributed by atoms with Crippen molar-refractivity contribution in [3.05, 3.63) is 0 Å². The third-order valence-corrected chi connectivity index (χ3v) is 2.90. The molecule has 5 nitrogen and oxygen atoms in total. The molecular weight excluding hydrogens is 265 g/mol. The van der Waals surface area contributed by atoms with E-state index >= 15 is 0 Å². The number of alkyl halides is 3. The molecule has 1 fully saturated rings. The van der Waals surface area contributed by atoms with Crippen molar-refractivity contribution in [3.63, 3.8) is 0 Å². The van der Waals surface area contributed by atoms with E-state index in [1.54, 1.807) is 0 Å². The number of rotatable bonds is 6. The lowest BCUT2D eigenvalue weighted by molar-refractivity contribution is -0.178. The van der Waals surface area contributed by atoms with Crippen LogP contribution in [0.3, 0.4) is 0 Å². The van der Waals surface area contributed by atoms with Crippen LogP contribution < -0.4 is 5.73 Å². The normalized spacial score (nSPS) is 16.6. The highest BCUT2D eigenvalue weighted by atomic mass is 19.4. The van der Waals surface area contributed by atoms with Crippen LogP contribution in [0.15, 0.2) is 0 Å². The summed E-state index contributed by atoms with van der Waals surface area (Å²) in [5.74, 6) is -1.31. The summed E-state index contributed by atoms with van der Waals surface area (Å²) < 4.78 is 40.0. The summed E-state index contributed by atoms with van der Waals surface area (Å²) in [4.78, 5) is 23.9. The van der Waals surface area contributed by atoms with E-state index in [-0.39, 0.29) is 12.6 Å². The van der Waals surface area contributed by atoms with Crippen molar-refractivity contribution in [1.82, 2.24) is 4.90 Å². The van der Waals surface area contributed by atoms with Crippen LogP contribution in [0.4, 0.5) is 13.2 Å².